The van der Waals surface area contributed by atoms with Gasteiger partial charge in [0.1, 0.15) is 24.6 Å². The molecule has 1 saturated heterocycles. The molecule has 2 aromatic heterocycles. The molecule has 2 aromatic rings. The van der Waals surface area contributed by atoms with Crippen LogP contribution < -0.4 is 4.90 Å². The number of nitrogens with zero attached hydrogens (tertiary/aromatic N) is 5. The number of ether oxygens (including phenoxy) is 1. The van der Waals surface area contributed by atoms with Crippen LogP contribution in [0.2, 0.25) is 0 Å². The third kappa shape index (κ3) is 2.14. The van der Waals surface area contributed by atoms with Crippen LogP contribution in [-0.4, -0.2) is 73.9 Å². The summed E-state index contributed by atoms with van der Waals surface area (Å²) in [5.41, 5.74) is 1.06. The van der Waals surface area contributed by atoms with E-state index in [-0.39, 0.29) is 6.61 Å². The highest BCUT2D eigenvalue weighted by Gasteiger charge is 2.44. The lowest BCUT2D eigenvalue weighted by atomic mass is 10.1. The molecule has 0 aliphatic carbocycles. The summed E-state index contributed by atoms with van der Waals surface area (Å²) in [6.07, 6.45) is -1.14. The van der Waals surface area contributed by atoms with Crippen LogP contribution >= 0.6 is 0 Å². The average Bonchev–Trinajstić information content (AvgIpc) is 3.01. The number of aliphatic hydroxyl groups excluding tert-OH is 3. The molecule has 0 unspecified atom stereocenters. The van der Waals surface area contributed by atoms with Crippen molar-refractivity contribution in [2.45, 2.75) is 24.5 Å². The first-order valence-corrected chi connectivity index (χ1v) is 6.52. The van der Waals surface area contributed by atoms with Crippen molar-refractivity contribution in [3.05, 3.63) is 12.7 Å². The molecule has 3 rings (SSSR count). The van der Waals surface area contributed by atoms with Gasteiger partial charge < -0.3 is 25.0 Å². The van der Waals surface area contributed by atoms with Crippen LogP contribution in [0, 0.1) is 0 Å². The van der Waals surface area contributed by atoms with Gasteiger partial charge in [0.05, 0.1) is 12.9 Å². The fraction of sp³-hybridized carbons (Fsp3) is 0.583. The van der Waals surface area contributed by atoms with Crippen molar-refractivity contribution in [3.8, 4) is 0 Å². The zero-order valence-corrected chi connectivity index (χ0v) is 11.7. The van der Waals surface area contributed by atoms with Crippen LogP contribution in [0.15, 0.2) is 12.7 Å². The van der Waals surface area contributed by atoms with Crippen molar-refractivity contribution in [2.75, 3.05) is 25.6 Å². The van der Waals surface area contributed by atoms with Crippen molar-refractivity contribution >= 4 is 17.0 Å². The highest BCUT2D eigenvalue weighted by Crippen LogP contribution is 2.32. The average molecular weight is 295 g/mol. The van der Waals surface area contributed by atoms with Gasteiger partial charge in [0.2, 0.25) is 0 Å². The number of fused-ring (bicyclic) bond motifs is 1. The summed E-state index contributed by atoms with van der Waals surface area (Å²) in [5.74, 6) is 0.644. The molecule has 3 heterocycles. The molecule has 0 bridgehead atoms. The first kappa shape index (κ1) is 14.1. The molecule has 0 radical (unpaired) electrons. The van der Waals surface area contributed by atoms with Crippen molar-refractivity contribution in [2.24, 2.45) is 0 Å². The Morgan fingerprint density at radius 3 is 2.62 bits per heavy atom. The van der Waals surface area contributed by atoms with Crippen molar-refractivity contribution in [1.82, 2.24) is 19.5 Å². The maximum atomic E-state index is 10.1. The van der Waals surface area contributed by atoms with Crippen LogP contribution in [0.5, 0.6) is 0 Å². The summed E-state index contributed by atoms with van der Waals surface area (Å²) in [6, 6.07) is 0. The molecule has 1 fully saturated rings. The largest absolute Gasteiger partial charge is 0.394 e. The molecule has 114 valence electrons. The first-order chi connectivity index (χ1) is 10.0. The van der Waals surface area contributed by atoms with Gasteiger partial charge in [-0.2, -0.15) is 0 Å². The van der Waals surface area contributed by atoms with Crippen molar-refractivity contribution < 1.29 is 20.1 Å². The minimum atomic E-state index is -1.17. The van der Waals surface area contributed by atoms with Crippen molar-refractivity contribution in [1.29, 1.82) is 0 Å². The number of hydrogen-bond acceptors (Lipinski definition) is 8. The van der Waals surface area contributed by atoms with E-state index in [0.29, 0.717) is 17.0 Å². The summed E-state index contributed by atoms with van der Waals surface area (Å²) >= 11 is 0. The Balaban J connectivity index is 2.04. The molecular weight excluding hydrogens is 278 g/mol. The lowest BCUT2D eigenvalue weighted by Gasteiger charge is -2.17. The minimum Gasteiger partial charge on any atom is -0.394 e. The number of anilines is 1. The van der Waals surface area contributed by atoms with Crippen LogP contribution in [0.25, 0.3) is 11.2 Å². The van der Waals surface area contributed by atoms with E-state index in [2.05, 4.69) is 15.0 Å². The second-order valence-corrected chi connectivity index (χ2v) is 5.14. The number of aromatic nitrogens is 4. The van der Waals surface area contributed by atoms with E-state index in [4.69, 9.17) is 9.84 Å². The summed E-state index contributed by atoms with van der Waals surface area (Å²) < 4.78 is 7.02. The number of rotatable bonds is 3. The van der Waals surface area contributed by atoms with Gasteiger partial charge in [-0.1, -0.05) is 0 Å². The van der Waals surface area contributed by atoms with E-state index in [1.165, 1.54) is 17.2 Å². The molecule has 0 saturated carbocycles. The maximum Gasteiger partial charge on any atom is 0.167 e. The minimum absolute atomic E-state index is 0.376. The first-order valence-electron chi connectivity index (χ1n) is 6.52. The normalized spacial score (nSPS) is 29.2. The lowest BCUT2D eigenvalue weighted by molar-refractivity contribution is -0.0511. The Hall–Kier alpha value is -1.81. The molecule has 1 aliphatic heterocycles. The molecule has 4 atom stereocenters. The Bertz CT molecular complexity index is 646. The highest BCUT2D eigenvalue weighted by atomic mass is 16.6. The molecule has 0 aromatic carbocycles. The van der Waals surface area contributed by atoms with Crippen LogP contribution in [0.1, 0.15) is 6.23 Å². The van der Waals surface area contributed by atoms with E-state index in [1.54, 1.807) is 4.90 Å². The molecule has 0 spiro atoms. The summed E-state index contributed by atoms with van der Waals surface area (Å²) in [7, 11) is 3.68. The molecule has 9 nitrogen and oxygen atoms in total. The highest BCUT2D eigenvalue weighted by molar-refractivity contribution is 5.83. The van der Waals surface area contributed by atoms with Gasteiger partial charge in [0.15, 0.2) is 23.2 Å². The smallest absolute Gasteiger partial charge is 0.167 e. The fourth-order valence-corrected chi connectivity index (χ4v) is 2.46. The zero-order valence-electron chi connectivity index (χ0n) is 11.7. The summed E-state index contributed by atoms with van der Waals surface area (Å²) in [4.78, 5) is 14.4. The molecule has 1 aliphatic rings. The van der Waals surface area contributed by atoms with Crippen molar-refractivity contribution in [3.63, 3.8) is 0 Å². The second-order valence-electron chi connectivity index (χ2n) is 5.14. The number of aliphatic hydroxyl groups is 3. The van der Waals surface area contributed by atoms with E-state index >= 15 is 0 Å². The monoisotopic (exact) mass is 295 g/mol. The Labute approximate surface area is 120 Å². The molecule has 3 N–H and O–H groups in total. The zero-order chi connectivity index (χ0) is 15.1. The number of hydrogen-bond donors (Lipinski definition) is 3. The molecular formula is C12H17N5O4. The SMILES string of the molecule is CN(C)c1ncnc2c1ncn2[C@@H]1O[C@@H](CO)[C@H](O)[C@H]1O. The van der Waals surface area contributed by atoms with Crippen LogP contribution in [0.3, 0.4) is 0 Å². The third-order valence-corrected chi connectivity index (χ3v) is 3.55. The Morgan fingerprint density at radius 1 is 1.24 bits per heavy atom. The van der Waals surface area contributed by atoms with Gasteiger partial charge in [-0.05, 0) is 0 Å². The van der Waals surface area contributed by atoms with Crippen LogP contribution in [-0.2, 0) is 4.74 Å². The van der Waals surface area contributed by atoms with Gasteiger partial charge in [-0.25, -0.2) is 15.0 Å². The molecule has 21 heavy (non-hydrogen) atoms. The molecule has 9 heteroatoms. The number of imidazole rings is 1. The van der Waals surface area contributed by atoms with E-state index in [1.807, 2.05) is 14.1 Å². The van der Waals surface area contributed by atoms with Gasteiger partial charge in [0, 0.05) is 14.1 Å². The third-order valence-electron chi connectivity index (χ3n) is 3.55. The van der Waals surface area contributed by atoms with Crippen LogP contribution in [0.4, 0.5) is 5.82 Å². The fourth-order valence-electron chi connectivity index (χ4n) is 2.46. The lowest BCUT2D eigenvalue weighted by Crippen LogP contribution is -2.33. The summed E-state index contributed by atoms with van der Waals surface area (Å²) in [6.45, 7) is -0.376. The van der Waals surface area contributed by atoms with E-state index in [9.17, 15) is 10.2 Å². The second kappa shape index (κ2) is 5.19. The topological polar surface area (TPSA) is 117 Å². The predicted molar refractivity (Wildman–Crippen MR) is 72.7 cm³/mol. The van der Waals surface area contributed by atoms with E-state index in [0.717, 1.165) is 0 Å². The quantitative estimate of drug-likeness (QED) is 0.626. The molecule has 0 amide bonds. The predicted octanol–water partition coefficient (Wildman–Crippen LogP) is -1.50. The Kier molecular flexibility index (Phi) is 3.49. The van der Waals surface area contributed by atoms with E-state index < -0.39 is 24.5 Å². The standard InChI is InChI=1S/C12H17N5O4/c1-16(2)10-7-11(14-4-13-10)17(5-15-7)12-9(20)8(19)6(3-18)21-12/h4-6,8-9,12,18-20H,3H2,1-2H3/t6-,8-,9+,12+/m0/s1. The van der Waals surface area contributed by atoms with Gasteiger partial charge in [-0.3, -0.25) is 4.57 Å². The van der Waals surface area contributed by atoms with Gasteiger partial charge >= 0.3 is 0 Å². The maximum absolute atomic E-state index is 10.1. The van der Waals surface area contributed by atoms with Gasteiger partial charge in [0.25, 0.3) is 0 Å². The summed E-state index contributed by atoms with van der Waals surface area (Å²) in [5, 5.41) is 29.1. The Morgan fingerprint density at radius 2 is 2.00 bits per heavy atom. The van der Waals surface area contributed by atoms with Gasteiger partial charge in [-0.15, -0.1) is 0 Å².